The lowest BCUT2D eigenvalue weighted by molar-refractivity contribution is 0.181. The summed E-state index contributed by atoms with van der Waals surface area (Å²) < 4.78 is 27.3. The molecule has 0 amide bonds. The predicted molar refractivity (Wildman–Crippen MR) is 106 cm³/mol. The van der Waals surface area contributed by atoms with Gasteiger partial charge >= 0.3 is 0 Å². The van der Waals surface area contributed by atoms with Crippen LogP contribution in [0.2, 0.25) is 0 Å². The van der Waals surface area contributed by atoms with Gasteiger partial charge in [-0.1, -0.05) is 37.6 Å². The highest BCUT2D eigenvalue weighted by molar-refractivity contribution is 7.89. The van der Waals surface area contributed by atoms with Crippen molar-refractivity contribution in [2.24, 2.45) is 0 Å². The summed E-state index contributed by atoms with van der Waals surface area (Å²) in [4.78, 5) is 2.63. The Morgan fingerprint density at radius 2 is 1.52 bits per heavy atom. The van der Waals surface area contributed by atoms with Crippen LogP contribution in [-0.2, 0) is 23.0 Å². The van der Waals surface area contributed by atoms with Gasteiger partial charge < -0.3 is 0 Å². The van der Waals surface area contributed by atoms with Gasteiger partial charge in [0.25, 0.3) is 0 Å². The highest BCUT2D eigenvalue weighted by Crippen LogP contribution is 2.19. The average molecular weight is 384 g/mol. The van der Waals surface area contributed by atoms with Crippen molar-refractivity contribution in [2.45, 2.75) is 31.2 Å². The third-order valence-electron chi connectivity index (χ3n) is 4.92. The molecule has 0 aromatic heterocycles. The van der Waals surface area contributed by atoms with E-state index in [4.69, 9.17) is 5.26 Å². The molecule has 2 aromatic rings. The molecule has 1 saturated heterocycles. The smallest absolute Gasteiger partial charge is 0.243 e. The van der Waals surface area contributed by atoms with Crippen LogP contribution in [0.1, 0.15) is 30.0 Å². The highest BCUT2D eigenvalue weighted by atomic mass is 32.2. The Bertz CT molecular complexity index is 892. The van der Waals surface area contributed by atoms with E-state index >= 15 is 0 Å². The van der Waals surface area contributed by atoms with Crippen LogP contribution in [0.3, 0.4) is 0 Å². The molecule has 0 N–H and O–H groups in total. The van der Waals surface area contributed by atoms with E-state index in [-0.39, 0.29) is 0 Å². The molecule has 5 nitrogen and oxygen atoms in total. The molecular weight excluding hydrogens is 358 g/mol. The molecule has 1 aliphatic rings. The molecule has 0 saturated carbocycles. The number of piperazine rings is 1. The zero-order valence-electron chi connectivity index (χ0n) is 15.6. The molecule has 6 heteroatoms. The van der Waals surface area contributed by atoms with E-state index in [0.29, 0.717) is 36.6 Å². The number of nitrogens with zero attached hydrogens (tertiary/aromatic N) is 3. The first kappa shape index (κ1) is 19.6. The van der Waals surface area contributed by atoms with Gasteiger partial charge in [-0.05, 0) is 41.8 Å². The molecule has 3 rings (SSSR count). The van der Waals surface area contributed by atoms with Crippen LogP contribution in [-0.4, -0.2) is 43.8 Å². The number of hydrogen-bond acceptors (Lipinski definition) is 4. The molecule has 0 unspecified atom stereocenters. The molecule has 142 valence electrons. The van der Waals surface area contributed by atoms with Crippen molar-refractivity contribution in [1.29, 1.82) is 5.26 Å². The van der Waals surface area contributed by atoms with Crippen LogP contribution in [0.15, 0.2) is 53.4 Å². The van der Waals surface area contributed by atoms with Gasteiger partial charge in [0.2, 0.25) is 10.0 Å². The molecule has 0 spiro atoms. The van der Waals surface area contributed by atoms with E-state index in [1.165, 1.54) is 5.56 Å². The van der Waals surface area contributed by atoms with Crippen LogP contribution >= 0.6 is 0 Å². The summed E-state index contributed by atoms with van der Waals surface area (Å²) in [5.74, 6) is 0. The predicted octanol–water partition coefficient (Wildman–Crippen LogP) is 3.02. The maximum absolute atomic E-state index is 12.9. The number of rotatable bonds is 6. The van der Waals surface area contributed by atoms with Crippen molar-refractivity contribution < 1.29 is 8.42 Å². The zero-order valence-corrected chi connectivity index (χ0v) is 16.5. The first-order valence-corrected chi connectivity index (χ1v) is 10.8. The second-order valence-electron chi connectivity index (χ2n) is 6.88. The fraction of sp³-hybridized carbons (Fsp3) is 0.381. The van der Waals surface area contributed by atoms with Gasteiger partial charge in [-0.25, -0.2) is 8.42 Å². The van der Waals surface area contributed by atoms with E-state index in [9.17, 15) is 8.42 Å². The Morgan fingerprint density at radius 1 is 0.926 bits per heavy atom. The van der Waals surface area contributed by atoms with Crippen molar-refractivity contribution in [3.05, 3.63) is 65.2 Å². The zero-order chi connectivity index (χ0) is 19.3. The van der Waals surface area contributed by atoms with Crippen molar-refractivity contribution in [1.82, 2.24) is 9.21 Å². The molecule has 0 radical (unpaired) electrons. The van der Waals surface area contributed by atoms with Crippen LogP contribution in [0, 0.1) is 11.3 Å². The Morgan fingerprint density at radius 3 is 2.07 bits per heavy atom. The average Bonchev–Trinajstić information content (AvgIpc) is 2.70. The molecule has 1 heterocycles. The van der Waals surface area contributed by atoms with Gasteiger partial charge in [-0.15, -0.1) is 0 Å². The molecule has 0 aliphatic carbocycles. The maximum atomic E-state index is 12.9. The van der Waals surface area contributed by atoms with Crippen molar-refractivity contribution >= 4 is 10.0 Å². The van der Waals surface area contributed by atoms with Gasteiger partial charge in [-0.3, -0.25) is 4.90 Å². The largest absolute Gasteiger partial charge is 0.296 e. The van der Waals surface area contributed by atoms with E-state index in [1.807, 2.05) is 36.4 Å². The molecular formula is C21H25N3O2S. The summed E-state index contributed by atoms with van der Waals surface area (Å²) in [5, 5.41) is 8.87. The molecule has 2 aromatic carbocycles. The number of sulfonamides is 1. The van der Waals surface area contributed by atoms with Gasteiger partial charge in [0.15, 0.2) is 0 Å². The number of benzene rings is 2. The Kier molecular flexibility index (Phi) is 6.27. The molecule has 0 bridgehead atoms. The molecule has 27 heavy (non-hydrogen) atoms. The minimum Gasteiger partial charge on any atom is -0.296 e. The lowest BCUT2D eigenvalue weighted by Crippen LogP contribution is -2.48. The van der Waals surface area contributed by atoms with Gasteiger partial charge in [0, 0.05) is 32.7 Å². The summed E-state index contributed by atoms with van der Waals surface area (Å²) in [6.07, 6.45) is 2.02. The normalized spacial score (nSPS) is 16.1. The molecule has 1 fully saturated rings. The fourth-order valence-electron chi connectivity index (χ4n) is 3.34. The van der Waals surface area contributed by atoms with Crippen molar-refractivity contribution in [3.8, 4) is 6.07 Å². The van der Waals surface area contributed by atoms with Crippen LogP contribution < -0.4 is 0 Å². The van der Waals surface area contributed by atoms with Gasteiger partial charge in [0.1, 0.15) is 0 Å². The number of aryl methyl sites for hydroxylation is 1. The Hall–Kier alpha value is -2.20. The monoisotopic (exact) mass is 383 g/mol. The van der Waals surface area contributed by atoms with Crippen LogP contribution in [0.25, 0.3) is 0 Å². The summed E-state index contributed by atoms with van der Waals surface area (Å²) >= 11 is 0. The van der Waals surface area contributed by atoms with Gasteiger partial charge in [-0.2, -0.15) is 9.57 Å². The van der Waals surface area contributed by atoms with E-state index in [2.05, 4.69) is 17.9 Å². The number of hydrogen-bond donors (Lipinski definition) is 0. The van der Waals surface area contributed by atoms with Gasteiger partial charge in [0.05, 0.1) is 16.5 Å². The third kappa shape index (κ3) is 4.75. The lowest BCUT2D eigenvalue weighted by Gasteiger charge is -2.34. The SMILES string of the molecule is CCCc1ccc(S(=O)(=O)N2CCN(Cc3ccc(C#N)cc3)CC2)cc1. The summed E-state index contributed by atoms with van der Waals surface area (Å²) in [5.41, 5.74) is 2.96. The van der Waals surface area contributed by atoms with Crippen molar-refractivity contribution in [3.63, 3.8) is 0 Å². The fourth-order valence-corrected chi connectivity index (χ4v) is 4.76. The minimum atomic E-state index is -3.43. The summed E-state index contributed by atoms with van der Waals surface area (Å²) in [6, 6.07) is 17.0. The summed E-state index contributed by atoms with van der Waals surface area (Å²) in [6.45, 7) is 5.28. The first-order chi connectivity index (χ1) is 13.0. The molecule has 1 aliphatic heterocycles. The summed E-state index contributed by atoms with van der Waals surface area (Å²) in [7, 11) is -3.43. The maximum Gasteiger partial charge on any atom is 0.243 e. The Balaban J connectivity index is 1.59. The number of nitriles is 1. The lowest BCUT2D eigenvalue weighted by atomic mass is 10.1. The highest BCUT2D eigenvalue weighted by Gasteiger charge is 2.28. The van der Waals surface area contributed by atoms with E-state index < -0.39 is 10.0 Å². The van der Waals surface area contributed by atoms with Crippen LogP contribution in [0.5, 0.6) is 0 Å². The topological polar surface area (TPSA) is 64.4 Å². The standard InChI is InChI=1S/C21H25N3O2S/c1-2-3-18-8-10-21(11-9-18)27(25,26)24-14-12-23(13-15-24)17-20-6-4-19(16-22)5-7-20/h4-11H,2-3,12-15,17H2,1H3. The third-order valence-corrected chi connectivity index (χ3v) is 6.83. The minimum absolute atomic E-state index is 0.378. The second kappa shape index (κ2) is 8.66. The van der Waals surface area contributed by atoms with Crippen LogP contribution in [0.4, 0.5) is 0 Å². The quantitative estimate of drug-likeness (QED) is 0.769. The second-order valence-corrected chi connectivity index (χ2v) is 8.82. The van der Waals surface area contributed by atoms with E-state index in [1.54, 1.807) is 16.4 Å². The Labute approximate surface area is 161 Å². The van der Waals surface area contributed by atoms with E-state index in [0.717, 1.165) is 24.9 Å². The molecule has 0 atom stereocenters. The van der Waals surface area contributed by atoms with Crippen molar-refractivity contribution in [2.75, 3.05) is 26.2 Å². The first-order valence-electron chi connectivity index (χ1n) is 9.33.